The zero-order valence-corrected chi connectivity index (χ0v) is 22.5. The highest BCUT2D eigenvalue weighted by Crippen LogP contribution is 2.32. The molecule has 0 aliphatic heterocycles. The Balaban J connectivity index is 2.47. The van der Waals surface area contributed by atoms with Crippen LogP contribution in [-0.4, -0.2) is 50.5 Å². The summed E-state index contributed by atoms with van der Waals surface area (Å²) in [4.78, 5) is 27.8. The number of sulfonamides is 1. The van der Waals surface area contributed by atoms with E-state index in [-0.39, 0.29) is 18.7 Å². The van der Waals surface area contributed by atoms with Gasteiger partial charge in [-0.15, -0.1) is 0 Å². The summed E-state index contributed by atoms with van der Waals surface area (Å²) in [5, 5.41) is 3.13. The zero-order valence-electron chi connectivity index (χ0n) is 20.9. The van der Waals surface area contributed by atoms with Crippen LogP contribution in [0, 0.1) is 0 Å². The van der Waals surface area contributed by atoms with Gasteiger partial charge in [0.2, 0.25) is 21.8 Å². The van der Waals surface area contributed by atoms with Crippen molar-refractivity contribution < 1.29 is 31.2 Å². The summed E-state index contributed by atoms with van der Waals surface area (Å²) >= 11 is 6.29. The predicted octanol–water partition coefficient (Wildman–Crippen LogP) is 4.85. The Morgan fingerprint density at radius 1 is 1.08 bits per heavy atom. The number of alkyl halides is 3. The monoisotopic (exact) mass is 561 g/mol. The van der Waals surface area contributed by atoms with E-state index in [0.717, 1.165) is 31.2 Å². The van der Waals surface area contributed by atoms with E-state index >= 15 is 0 Å². The molecular weight excluding hydrogens is 531 g/mol. The summed E-state index contributed by atoms with van der Waals surface area (Å²) < 4.78 is 65.6. The van der Waals surface area contributed by atoms with E-state index in [4.69, 9.17) is 11.6 Å². The van der Waals surface area contributed by atoms with Crippen molar-refractivity contribution in [1.82, 2.24) is 10.2 Å². The Morgan fingerprint density at radius 3 is 2.32 bits per heavy atom. The standard InChI is InChI=1S/C25H31ClF3N3O4S/c1-4-6-14-30-24(34)22(5-2)31(16-18-10-7-8-13-21(18)26)23(33)17-32(37(3,35)36)20-12-9-11-19(15-20)25(27,28)29/h7-13,15,22H,4-6,14,16-17H2,1-3H3,(H,30,34)/t22-/m1/s1. The van der Waals surface area contributed by atoms with Gasteiger partial charge in [-0.05, 0) is 42.7 Å². The Hall–Kier alpha value is -2.79. The van der Waals surface area contributed by atoms with Crippen molar-refractivity contribution >= 4 is 39.1 Å². The third-order valence-corrected chi connectivity index (χ3v) is 7.16. The second-order valence-corrected chi connectivity index (χ2v) is 10.8. The van der Waals surface area contributed by atoms with Gasteiger partial charge in [0.15, 0.2) is 0 Å². The van der Waals surface area contributed by atoms with Gasteiger partial charge in [-0.25, -0.2) is 8.42 Å². The molecule has 1 atom stereocenters. The number of halogens is 4. The summed E-state index contributed by atoms with van der Waals surface area (Å²) in [6, 6.07) is 9.46. The maximum atomic E-state index is 13.6. The first-order valence-corrected chi connectivity index (χ1v) is 14.0. The van der Waals surface area contributed by atoms with Gasteiger partial charge in [0, 0.05) is 18.1 Å². The molecule has 2 aromatic rings. The van der Waals surface area contributed by atoms with E-state index < -0.39 is 46.2 Å². The van der Waals surface area contributed by atoms with Crippen LogP contribution < -0.4 is 9.62 Å². The summed E-state index contributed by atoms with van der Waals surface area (Å²) in [6.45, 7) is 3.17. The molecule has 0 heterocycles. The number of hydrogen-bond acceptors (Lipinski definition) is 4. The van der Waals surface area contributed by atoms with Crippen molar-refractivity contribution in [2.75, 3.05) is 23.7 Å². The number of carbonyl (C=O) groups excluding carboxylic acids is 2. The fraction of sp³-hybridized carbons (Fsp3) is 0.440. The van der Waals surface area contributed by atoms with Crippen LogP contribution >= 0.6 is 11.6 Å². The summed E-state index contributed by atoms with van der Waals surface area (Å²) in [5.74, 6) is -1.18. The number of rotatable bonds is 12. The summed E-state index contributed by atoms with van der Waals surface area (Å²) in [5.41, 5.74) is -0.841. The molecule has 37 heavy (non-hydrogen) atoms. The summed E-state index contributed by atoms with van der Waals surface area (Å²) in [7, 11) is -4.17. The van der Waals surface area contributed by atoms with Crippen molar-refractivity contribution in [3.63, 3.8) is 0 Å². The number of amides is 2. The van der Waals surface area contributed by atoms with Gasteiger partial charge in [0.05, 0.1) is 17.5 Å². The van der Waals surface area contributed by atoms with Crippen LogP contribution in [0.5, 0.6) is 0 Å². The molecule has 0 spiro atoms. The zero-order chi connectivity index (χ0) is 27.8. The van der Waals surface area contributed by atoms with E-state index in [9.17, 15) is 31.2 Å². The van der Waals surface area contributed by atoms with Gasteiger partial charge in [-0.2, -0.15) is 13.2 Å². The highest BCUT2D eigenvalue weighted by molar-refractivity contribution is 7.92. The minimum atomic E-state index is -4.71. The number of anilines is 1. The smallest absolute Gasteiger partial charge is 0.354 e. The van der Waals surface area contributed by atoms with E-state index in [1.165, 1.54) is 11.0 Å². The number of carbonyl (C=O) groups is 2. The Bertz CT molecular complexity index is 1190. The first kappa shape index (κ1) is 30.4. The molecule has 0 aliphatic carbocycles. The fourth-order valence-corrected chi connectivity index (χ4v) is 4.72. The quantitative estimate of drug-likeness (QED) is 0.375. The predicted molar refractivity (Wildman–Crippen MR) is 138 cm³/mol. The second-order valence-electron chi connectivity index (χ2n) is 8.50. The molecule has 0 aromatic heterocycles. The van der Waals surface area contributed by atoms with E-state index in [1.807, 2.05) is 6.92 Å². The van der Waals surface area contributed by atoms with Crippen LogP contribution in [0.2, 0.25) is 5.02 Å². The lowest BCUT2D eigenvalue weighted by Crippen LogP contribution is -2.52. The molecule has 0 saturated carbocycles. The maximum absolute atomic E-state index is 13.6. The highest BCUT2D eigenvalue weighted by Gasteiger charge is 2.34. The molecule has 2 amide bonds. The van der Waals surface area contributed by atoms with Gasteiger partial charge in [-0.3, -0.25) is 13.9 Å². The molecule has 0 aliphatic rings. The second kappa shape index (κ2) is 13.1. The average molecular weight is 562 g/mol. The average Bonchev–Trinajstić information content (AvgIpc) is 2.82. The summed E-state index contributed by atoms with van der Waals surface area (Å²) in [6.07, 6.45) is -2.11. The normalized spacial score (nSPS) is 12.6. The number of nitrogens with one attached hydrogen (secondary N) is 1. The number of hydrogen-bond donors (Lipinski definition) is 1. The molecule has 1 N–H and O–H groups in total. The van der Waals surface area contributed by atoms with Crippen molar-refractivity contribution in [2.45, 2.75) is 51.9 Å². The maximum Gasteiger partial charge on any atom is 0.416 e. The lowest BCUT2D eigenvalue weighted by molar-refractivity contribution is -0.140. The number of unbranched alkanes of at least 4 members (excludes halogenated alkanes) is 1. The largest absolute Gasteiger partial charge is 0.416 e. The van der Waals surface area contributed by atoms with Crippen LogP contribution in [0.25, 0.3) is 0 Å². The first-order valence-electron chi connectivity index (χ1n) is 11.7. The third-order valence-electron chi connectivity index (χ3n) is 5.65. The van der Waals surface area contributed by atoms with Crippen molar-refractivity contribution in [2.24, 2.45) is 0 Å². The Labute approximate surface area is 220 Å². The van der Waals surface area contributed by atoms with Crippen LogP contribution in [0.15, 0.2) is 48.5 Å². The fourth-order valence-electron chi connectivity index (χ4n) is 3.69. The molecule has 0 saturated heterocycles. The van der Waals surface area contributed by atoms with Gasteiger partial charge in [-0.1, -0.05) is 56.1 Å². The van der Waals surface area contributed by atoms with E-state index in [1.54, 1.807) is 31.2 Å². The third kappa shape index (κ3) is 8.63. The van der Waals surface area contributed by atoms with E-state index in [0.29, 0.717) is 27.5 Å². The SMILES string of the molecule is CCCCNC(=O)[C@@H](CC)N(Cc1ccccc1Cl)C(=O)CN(c1cccc(C(F)(F)F)c1)S(C)(=O)=O. The molecular formula is C25H31ClF3N3O4S. The van der Waals surface area contributed by atoms with E-state index in [2.05, 4.69) is 5.32 Å². The van der Waals surface area contributed by atoms with Crippen LogP contribution in [-0.2, 0) is 32.3 Å². The molecule has 2 rings (SSSR count). The van der Waals surface area contributed by atoms with Crippen molar-refractivity contribution in [3.05, 3.63) is 64.7 Å². The molecule has 7 nitrogen and oxygen atoms in total. The highest BCUT2D eigenvalue weighted by atomic mass is 35.5. The van der Waals surface area contributed by atoms with Gasteiger partial charge in [0.1, 0.15) is 12.6 Å². The number of nitrogens with zero attached hydrogens (tertiary/aromatic N) is 2. The van der Waals surface area contributed by atoms with Crippen molar-refractivity contribution in [3.8, 4) is 0 Å². The number of benzene rings is 2. The van der Waals surface area contributed by atoms with Gasteiger partial charge < -0.3 is 10.2 Å². The Kier molecular flexibility index (Phi) is 10.8. The lowest BCUT2D eigenvalue weighted by Gasteiger charge is -2.33. The minimum Gasteiger partial charge on any atom is -0.354 e. The minimum absolute atomic E-state index is 0.0988. The molecule has 0 bridgehead atoms. The van der Waals surface area contributed by atoms with Crippen LogP contribution in [0.4, 0.5) is 18.9 Å². The molecule has 0 radical (unpaired) electrons. The first-order chi connectivity index (χ1) is 17.3. The molecule has 2 aromatic carbocycles. The molecule has 0 unspecified atom stereocenters. The lowest BCUT2D eigenvalue weighted by atomic mass is 10.1. The van der Waals surface area contributed by atoms with Gasteiger partial charge in [0.25, 0.3) is 0 Å². The van der Waals surface area contributed by atoms with Gasteiger partial charge >= 0.3 is 6.18 Å². The molecule has 12 heteroatoms. The molecule has 204 valence electrons. The Morgan fingerprint density at radius 2 is 1.76 bits per heavy atom. The van der Waals surface area contributed by atoms with Crippen LogP contribution in [0.1, 0.15) is 44.2 Å². The van der Waals surface area contributed by atoms with Crippen LogP contribution in [0.3, 0.4) is 0 Å². The van der Waals surface area contributed by atoms with Crippen molar-refractivity contribution in [1.29, 1.82) is 0 Å². The molecule has 0 fully saturated rings. The topological polar surface area (TPSA) is 86.8 Å².